The fraction of sp³-hybridized carbons (Fsp3) is 0.350. The number of hydrogen-bond acceptors (Lipinski definition) is 7. The lowest BCUT2D eigenvalue weighted by molar-refractivity contribution is -0.113. The highest BCUT2D eigenvalue weighted by Gasteiger charge is 2.25. The molecule has 0 aliphatic heterocycles. The number of nitrogens with two attached hydrogens (primary N) is 1. The number of thiophene rings is 1. The molecule has 0 saturated carbocycles. The maximum Gasteiger partial charge on any atom is 0.341 e. The first-order valence-electron chi connectivity index (χ1n) is 8.83. The van der Waals surface area contributed by atoms with Crippen molar-refractivity contribution in [2.45, 2.75) is 25.7 Å². The summed E-state index contributed by atoms with van der Waals surface area (Å²) in [5.41, 5.74) is 8.17. The molecule has 2 amide bonds. The van der Waals surface area contributed by atoms with Crippen LogP contribution >= 0.6 is 23.1 Å². The molecule has 0 aliphatic rings. The monoisotopic (exact) mass is 436 g/mol. The molecular weight excluding hydrogens is 412 g/mol. The van der Waals surface area contributed by atoms with Crippen molar-refractivity contribution >= 4 is 45.9 Å². The van der Waals surface area contributed by atoms with Gasteiger partial charge in [-0.3, -0.25) is 9.59 Å². The van der Waals surface area contributed by atoms with Gasteiger partial charge in [-0.15, -0.1) is 23.1 Å². The smallest absolute Gasteiger partial charge is 0.341 e. The molecule has 2 aromatic rings. The fourth-order valence-corrected chi connectivity index (χ4v) is 4.51. The molecule has 156 valence electrons. The number of ether oxygens (including phenoxy) is 2. The Kier molecular flexibility index (Phi) is 8.24. The van der Waals surface area contributed by atoms with Gasteiger partial charge in [0.1, 0.15) is 11.6 Å². The van der Waals surface area contributed by atoms with Gasteiger partial charge < -0.3 is 20.5 Å². The number of benzene rings is 1. The van der Waals surface area contributed by atoms with Gasteiger partial charge in [-0.2, -0.15) is 0 Å². The van der Waals surface area contributed by atoms with Gasteiger partial charge >= 0.3 is 5.97 Å². The van der Waals surface area contributed by atoms with Crippen molar-refractivity contribution in [1.82, 2.24) is 0 Å². The molecule has 0 fully saturated rings. The molecule has 1 aromatic heterocycles. The first-order chi connectivity index (χ1) is 13.7. The van der Waals surface area contributed by atoms with Crippen LogP contribution < -0.4 is 11.1 Å². The maximum absolute atomic E-state index is 12.5. The van der Waals surface area contributed by atoms with E-state index in [2.05, 4.69) is 11.4 Å². The summed E-state index contributed by atoms with van der Waals surface area (Å²) in [5.74, 6) is -1.44. The van der Waals surface area contributed by atoms with Crippen LogP contribution in [0.5, 0.6) is 0 Å². The number of methoxy groups -OCH3 is 1. The number of anilines is 1. The minimum absolute atomic E-state index is 0.0620. The fourth-order valence-electron chi connectivity index (χ4n) is 2.64. The van der Waals surface area contributed by atoms with Crippen molar-refractivity contribution in [3.05, 3.63) is 45.3 Å². The van der Waals surface area contributed by atoms with Gasteiger partial charge in [0.25, 0.3) is 5.91 Å². The summed E-state index contributed by atoms with van der Waals surface area (Å²) in [7, 11) is 1.49. The van der Waals surface area contributed by atoms with E-state index in [-0.39, 0.29) is 40.3 Å². The van der Waals surface area contributed by atoms with E-state index >= 15 is 0 Å². The first kappa shape index (κ1) is 22.9. The molecular formula is C20H24N2O5S2. The van der Waals surface area contributed by atoms with Gasteiger partial charge in [0.15, 0.2) is 0 Å². The minimum atomic E-state index is -0.663. The number of aryl methyl sites for hydroxylation is 2. The second kappa shape index (κ2) is 10.4. The van der Waals surface area contributed by atoms with Crippen molar-refractivity contribution in [2.24, 2.45) is 5.73 Å². The SMILES string of the molecule is COCCOC(=O)c1c(NC(=O)CSc2ccc(C)cc2C)sc(C(N)=O)c1C. The van der Waals surface area contributed by atoms with Gasteiger partial charge in [-0.05, 0) is 38.0 Å². The van der Waals surface area contributed by atoms with Crippen LogP contribution in [-0.4, -0.2) is 43.9 Å². The molecule has 2 rings (SSSR count). The predicted octanol–water partition coefficient (Wildman–Crippen LogP) is 3.31. The average Bonchev–Trinajstić information content (AvgIpc) is 2.97. The molecule has 29 heavy (non-hydrogen) atoms. The number of primary amides is 1. The van der Waals surface area contributed by atoms with Crippen molar-refractivity contribution in [2.75, 3.05) is 31.4 Å². The molecule has 0 radical (unpaired) electrons. The molecule has 1 aromatic carbocycles. The molecule has 9 heteroatoms. The molecule has 0 atom stereocenters. The lowest BCUT2D eigenvalue weighted by Gasteiger charge is -2.09. The van der Waals surface area contributed by atoms with Crippen LogP contribution in [0.3, 0.4) is 0 Å². The Labute approximate surface area is 178 Å². The van der Waals surface area contributed by atoms with Gasteiger partial charge in [0.2, 0.25) is 5.91 Å². The number of esters is 1. The van der Waals surface area contributed by atoms with Crippen molar-refractivity contribution in [1.29, 1.82) is 0 Å². The van der Waals surface area contributed by atoms with E-state index in [9.17, 15) is 14.4 Å². The lowest BCUT2D eigenvalue weighted by Crippen LogP contribution is -2.17. The Balaban J connectivity index is 2.15. The number of carbonyl (C=O) groups excluding carboxylic acids is 3. The summed E-state index contributed by atoms with van der Waals surface area (Å²) in [5, 5.41) is 2.97. The van der Waals surface area contributed by atoms with Crippen LogP contribution in [0.15, 0.2) is 23.1 Å². The second-order valence-electron chi connectivity index (χ2n) is 6.36. The van der Waals surface area contributed by atoms with Gasteiger partial charge in [-0.25, -0.2) is 4.79 Å². The summed E-state index contributed by atoms with van der Waals surface area (Å²) in [4.78, 5) is 37.8. The predicted molar refractivity (Wildman–Crippen MR) is 115 cm³/mol. The van der Waals surface area contributed by atoms with E-state index in [0.717, 1.165) is 27.4 Å². The van der Waals surface area contributed by atoms with Crippen molar-refractivity contribution < 1.29 is 23.9 Å². The Morgan fingerprint density at radius 1 is 1.17 bits per heavy atom. The zero-order valence-electron chi connectivity index (χ0n) is 16.8. The summed E-state index contributed by atoms with van der Waals surface area (Å²) in [6, 6.07) is 6.01. The van der Waals surface area contributed by atoms with Crippen LogP contribution in [0, 0.1) is 20.8 Å². The molecule has 1 heterocycles. The highest BCUT2D eigenvalue weighted by atomic mass is 32.2. The summed E-state index contributed by atoms with van der Waals surface area (Å²) in [6.07, 6.45) is 0. The third-order valence-corrected chi connectivity index (χ3v) is 6.43. The van der Waals surface area contributed by atoms with Crippen molar-refractivity contribution in [3.8, 4) is 0 Å². The number of carbonyl (C=O) groups is 3. The minimum Gasteiger partial charge on any atom is -0.460 e. The molecule has 3 N–H and O–H groups in total. The Hall–Kier alpha value is -2.36. The summed E-state index contributed by atoms with van der Waals surface area (Å²) in [6.45, 7) is 5.90. The third-order valence-electron chi connectivity index (χ3n) is 4.04. The molecule has 0 unspecified atom stereocenters. The van der Waals surface area contributed by atoms with E-state index in [0.29, 0.717) is 5.56 Å². The van der Waals surface area contributed by atoms with E-state index in [1.54, 1.807) is 6.92 Å². The van der Waals surface area contributed by atoms with Gasteiger partial charge in [0.05, 0.1) is 22.8 Å². The number of rotatable bonds is 9. The van der Waals surface area contributed by atoms with Crippen LogP contribution in [0.25, 0.3) is 0 Å². The van der Waals surface area contributed by atoms with Crippen molar-refractivity contribution in [3.63, 3.8) is 0 Å². The molecule has 0 bridgehead atoms. The zero-order valence-corrected chi connectivity index (χ0v) is 18.4. The van der Waals surface area contributed by atoms with Crippen LogP contribution in [0.4, 0.5) is 5.00 Å². The standard InChI is InChI=1S/C20H24N2O5S2/c1-11-5-6-14(12(2)9-11)28-10-15(23)22-19-16(20(25)27-8-7-26-4)13(3)17(29-19)18(21)24/h5-6,9H,7-8,10H2,1-4H3,(H2,21,24)(H,22,23). The molecule has 0 aliphatic carbocycles. The van der Waals surface area contributed by atoms with Gasteiger partial charge in [-0.1, -0.05) is 17.7 Å². The Morgan fingerprint density at radius 2 is 1.90 bits per heavy atom. The average molecular weight is 437 g/mol. The highest BCUT2D eigenvalue weighted by Crippen LogP contribution is 2.34. The molecule has 7 nitrogen and oxygen atoms in total. The highest BCUT2D eigenvalue weighted by molar-refractivity contribution is 8.00. The quantitative estimate of drug-likeness (QED) is 0.355. The number of hydrogen-bond donors (Lipinski definition) is 2. The number of amides is 2. The van der Waals surface area contributed by atoms with Crippen LogP contribution in [0.2, 0.25) is 0 Å². The number of nitrogens with one attached hydrogen (secondary N) is 1. The first-order valence-corrected chi connectivity index (χ1v) is 10.6. The normalized spacial score (nSPS) is 10.6. The van der Waals surface area contributed by atoms with Crippen LogP contribution in [0.1, 0.15) is 36.7 Å². The zero-order chi connectivity index (χ0) is 21.6. The van der Waals surface area contributed by atoms with E-state index in [1.165, 1.54) is 18.9 Å². The third kappa shape index (κ3) is 6.06. The molecule has 0 saturated heterocycles. The summed E-state index contributed by atoms with van der Waals surface area (Å²) >= 11 is 2.37. The Morgan fingerprint density at radius 3 is 2.52 bits per heavy atom. The van der Waals surface area contributed by atoms with Gasteiger partial charge in [0, 0.05) is 12.0 Å². The summed E-state index contributed by atoms with van der Waals surface area (Å²) < 4.78 is 10.0. The maximum atomic E-state index is 12.5. The largest absolute Gasteiger partial charge is 0.460 e. The molecule has 0 spiro atoms. The lowest BCUT2D eigenvalue weighted by atomic mass is 10.1. The van der Waals surface area contributed by atoms with E-state index in [4.69, 9.17) is 15.2 Å². The van der Waals surface area contributed by atoms with E-state index < -0.39 is 11.9 Å². The van der Waals surface area contributed by atoms with Crippen LogP contribution in [-0.2, 0) is 14.3 Å². The second-order valence-corrected chi connectivity index (χ2v) is 8.40. The topological polar surface area (TPSA) is 108 Å². The number of thioether (sulfide) groups is 1. The Bertz CT molecular complexity index is 924. The van der Waals surface area contributed by atoms with E-state index in [1.807, 2.05) is 26.0 Å².